The van der Waals surface area contributed by atoms with Crippen LogP contribution in [-0.2, 0) is 24.1 Å². The third-order valence-corrected chi connectivity index (χ3v) is 6.72. The average molecular weight is 542 g/mol. The van der Waals surface area contributed by atoms with Crippen LogP contribution in [0.25, 0.3) is 0 Å². The van der Waals surface area contributed by atoms with Crippen LogP contribution in [0, 0.1) is 0 Å². The molecule has 0 aliphatic carbocycles. The van der Waals surface area contributed by atoms with E-state index in [1.165, 1.54) is 57.8 Å². The summed E-state index contributed by atoms with van der Waals surface area (Å²) in [5.41, 5.74) is 5.93. The Hall–Kier alpha value is -0.670. The third-order valence-electron chi connectivity index (χ3n) is 6.25. The van der Waals surface area contributed by atoms with Crippen molar-refractivity contribution >= 4 is 10.4 Å². The lowest BCUT2D eigenvalue weighted by Crippen LogP contribution is -2.61. The number of rotatable bonds is 20. The zero-order chi connectivity index (χ0) is 27.0. The molecule has 7 N–H and O–H groups in total. The molecule has 0 bridgehead atoms. The summed E-state index contributed by atoms with van der Waals surface area (Å²) in [5.74, 6) is 0. The Bertz CT molecular complexity index is 692. The maximum absolute atomic E-state index is 11.0. The van der Waals surface area contributed by atoms with Crippen molar-refractivity contribution in [3.8, 4) is 0 Å². The molecule has 214 valence electrons. The van der Waals surface area contributed by atoms with Crippen LogP contribution in [0.2, 0.25) is 0 Å². The minimum Gasteiger partial charge on any atom is -0.394 e. The summed E-state index contributed by atoms with van der Waals surface area (Å²) in [6, 6.07) is -0.880. The zero-order valence-electron chi connectivity index (χ0n) is 21.4. The van der Waals surface area contributed by atoms with E-state index < -0.39 is 59.9 Å². The summed E-state index contributed by atoms with van der Waals surface area (Å²) in [7, 11) is -5.00. The van der Waals surface area contributed by atoms with Gasteiger partial charge in [0.25, 0.3) is 0 Å². The van der Waals surface area contributed by atoms with Gasteiger partial charge in [0.15, 0.2) is 6.29 Å². The lowest BCUT2D eigenvalue weighted by molar-refractivity contribution is -0.298. The van der Waals surface area contributed by atoms with E-state index in [-0.39, 0.29) is 6.61 Å². The fourth-order valence-electron chi connectivity index (χ4n) is 4.05. The van der Waals surface area contributed by atoms with E-state index in [1.807, 2.05) is 6.08 Å². The number of unbranched alkanes of at least 4 members (excludes halogenated alkanes) is 11. The van der Waals surface area contributed by atoms with E-state index in [4.69, 9.17) is 19.8 Å². The van der Waals surface area contributed by atoms with Gasteiger partial charge in [-0.2, -0.15) is 8.42 Å². The number of hydrogen-bond donors (Lipinski definition) is 6. The topological polar surface area (TPSA) is 189 Å². The predicted octanol–water partition coefficient (Wildman–Crippen LogP) is 1.58. The standard InChI is InChI=1S/C24H47NO10S/c1-2-3-4-5-6-7-8-9-10-11-12-13-14-15-19(27)18(25)17-33-24-22(29)23(35-36(30,31)32)21(28)20(16-26)34-24/h14-15,18-24,26-29H,2-13,16-17,25H2,1H3,(H,30,31,32)/b15-14+. The van der Waals surface area contributed by atoms with E-state index in [2.05, 4.69) is 11.1 Å². The van der Waals surface area contributed by atoms with Gasteiger partial charge in [-0.15, -0.1) is 0 Å². The van der Waals surface area contributed by atoms with Crippen LogP contribution >= 0.6 is 0 Å². The van der Waals surface area contributed by atoms with E-state index in [0.29, 0.717) is 0 Å². The first kappa shape index (κ1) is 33.4. The summed E-state index contributed by atoms with van der Waals surface area (Å²) in [6.45, 7) is 1.22. The molecule has 0 aromatic rings. The molecule has 0 spiro atoms. The van der Waals surface area contributed by atoms with Crippen molar-refractivity contribution < 1.29 is 47.1 Å². The van der Waals surface area contributed by atoms with E-state index >= 15 is 0 Å². The highest BCUT2D eigenvalue weighted by Crippen LogP contribution is 2.25. The van der Waals surface area contributed by atoms with Crippen LogP contribution < -0.4 is 5.73 Å². The highest BCUT2D eigenvalue weighted by atomic mass is 32.3. The van der Waals surface area contributed by atoms with Gasteiger partial charge in [-0.1, -0.05) is 83.3 Å². The highest BCUT2D eigenvalue weighted by molar-refractivity contribution is 7.80. The molecule has 1 fully saturated rings. The molecule has 0 aromatic heterocycles. The summed E-state index contributed by atoms with van der Waals surface area (Å²) in [4.78, 5) is 0. The average Bonchev–Trinajstić information content (AvgIpc) is 2.83. The van der Waals surface area contributed by atoms with Crippen molar-refractivity contribution in [2.24, 2.45) is 5.73 Å². The second-order valence-electron chi connectivity index (χ2n) is 9.44. The zero-order valence-corrected chi connectivity index (χ0v) is 22.2. The Morgan fingerprint density at radius 2 is 1.53 bits per heavy atom. The Balaban J connectivity index is 2.28. The molecular formula is C24H47NO10S. The normalized spacial score (nSPS) is 26.9. The van der Waals surface area contributed by atoms with Crippen molar-refractivity contribution in [2.75, 3.05) is 13.2 Å². The first-order chi connectivity index (χ1) is 17.1. The number of ether oxygens (including phenoxy) is 2. The number of allylic oxidation sites excluding steroid dienone is 1. The van der Waals surface area contributed by atoms with Gasteiger partial charge < -0.3 is 35.6 Å². The van der Waals surface area contributed by atoms with Crippen LogP contribution in [0.5, 0.6) is 0 Å². The highest BCUT2D eigenvalue weighted by Gasteiger charge is 2.47. The van der Waals surface area contributed by atoms with Crippen LogP contribution in [0.15, 0.2) is 12.2 Å². The first-order valence-electron chi connectivity index (χ1n) is 13.1. The lowest BCUT2D eigenvalue weighted by Gasteiger charge is -2.41. The van der Waals surface area contributed by atoms with Crippen molar-refractivity contribution in [2.45, 2.75) is 127 Å². The largest absolute Gasteiger partial charge is 0.397 e. The maximum Gasteiger partial charge on any atom is 0.397 e. The molecule has 1 heterocycles. The number of aliphatic hydroxyl groups is 4. The van der Waals surface area contributed by atoms with Gasteiger partial charge in [-0.05, 0) is 12.8 Å². The van der Waals surface area contributed by atoms with Crippen molar-refractivity contribution in [3.05, 3.63) is 12.2 Å². The molecule has 36 heavy (non-hydrogen) atoms. The SMILES string of the molecule is CCCCCCCCCCCCC/C=C/C(O)C(N)COC1OC(CO)C(O)C(OS(=O)(=O)O)C1O. The quantitative estimate of drug-likeness (QED) is 0.0745. The predicted molar refractivity (Wildman–Crippen MR) is 134 cm³/mol. The van der Waals surface area contributed by atoms with E-state index in [1.54, 1.807) is 6.08 Å². The maximum atomic E-state index is 11.0. The van der Waals surface area contributed by atoms with Gasteiger partial charge in [0.2, 0.25) is 0 Å². The van der Waals surface area contributed by atoms with Crippen LogP contribution in [0.3, 0.4) is 0 Å². The Kier molecular flexibility index (Phi) is 17.2. The number of aliphatic hydroxyl groups excluding tert-OH is 4. The summed E-state index contributed by atoms with van der Waals surface area (Å²) in [5, 5.41) is 39.8. The summed E-state index contributed by atoms with van der Waals surface area (Å²) < 4.78 is 45.8. The van der Waals surface area contributed by atoms with Gasteiger partial charge >= 0.3 is 10.4 Å². The molecular weight excluding hydrogens is 494 g/mol. The van der Waals surface area contributed by atoms with Crippen molar-refractivity contribution in [1.29, 1.82) is 0 Å². The van der Waals surface area contributed by atoms with Gasteiger partial charge in [-0.25, -0.2) is 4.18 Å². The number of nitrogens with two attached hydrogens (primary N) is 1. The van der Waals surface area contributed by atoms with Crippen LogP contribution in [-0.4, -0.2) is 89.5 Å². The first-order valence-corrected chi connectivity index (χ1v) is 14.5. The molecule has 11 nitrogen and oxygen atoms in total. The van der Waals surface area contributed by atoms with Gasteiger partial charge in [-0.3, -0.25) is 4.55 Å². The van der Waals surface area contributed by atoms with Gasteiger partial charge in [0, 0.05) is 0 Å². The molecule has 7 atom stereocenters. The second kappa shape index (κ2) is 18.6. The minimum atomic E-state index is -5.00. The number of hydrogen-bond acceptors (Lipinski definition) is 10. The Morgan fingerprint density at radius 3 is 2.06 bits per heavy atom. The van der Waals surface area contributed by atoms with Crippen molar-refractivity contribution in [1.82, 2.24) is 0 Å². The van der Waals surface area contributed by atoms with Gasteiger partial charge in [0.05, 0.1) is 25.4 Å². The lowest BCUT2D eigenvalue weighted by atomic mass is 9.99. The monoisotopic (exact) mass is 541 g/mol. The fourth-order valence-corrected chi connectivity index (χ4v) is 4.56. The Morgan fingerprint density at radius 1 is 0.972 bits per heavy atom. The molecule has 0 aromatic carbocycles. The van der Waals surface area contributed by atoms with Gasteiger partial charge in [0.1, 0.15) is 24.4 Å². The van der Waals surface area contributed by atoms with E-state index in [0.717, 1.165) is 19.3 Å². The van der Waals surface area contributed by atoms with Crippen LogP contribution in [0.1, 0.15) is 84.0 Å². The van der Waals surface area contributed by atoms with E-state index in [9.17, 15) is 28.8 Å². The molecule has 1 aliphatic rings. The minimum absolute atomic E-state index is 0.279. The second-order valence-corrected chi connectivity index (χ2v) is 10.5. The molecule has 1 saturated heterocycles. The molecule has 1 aliphatic heterocycles. The smallest absolute Gasteiger partial charge is 0.394 e. The molecule has 1 rings (SSSR count). The van der Waals surface area contributed by atoms with Crippen LogP contribution in [0.4, 0.5) is 0 Å². The summed E-state index contributed by atoms with van der Waals surface area (Å²) >= 11 is 0. The molecule has 0 saturated carbocycles. The molecule has 0 radical (unpaired) electrons. The molecule has 12 heteroatoms. The van der Waals surface area contributed by atoms with Crippen molar-refractivity contribution in [3.63, 3.8) is 0 Å². The third kappa shape index (κ3) is 13.8. The Labute approximate surface area is 215 Å². The molecule has 0 amide bonds. The summed E-state index contributed by atoms with van der Waals surface area (Å²) in [6.07, 6.45) is 8.83. The molecule has 7 unspecified atom stereocenters. The fraction of sp³-hybridized carbons (Fsp3) is 0.917.